The first-order valence-corrected chi connectivity index (χ1v) is 10.1. The van der Waals surface area contributed by atoms with E-state index in [9.17, 15) is 9.59 Å². The van der Waals surface area contributed by atoms with Gasteiger partial charge >= 0.3 is 12.1 Å². The fourth-order valence-corrected chi connectivity index (χ4v) is 3.59. The number of ether oxygens (including phenoxy) is 2. The Hall–Kier alpha value is -3.10. The van der Waals surface area contributed by atoms with Gasteiger partial charge in [0.15, 0.2) is 5.82 Å². The van der Waals surface area contributed by atoms with Crippen molar-refractivity contribution in [3.63, 3.8) is 0 Å². The maximum atomic E-state index is 12.5. The number of amides is 1. The van der Waals surface area contributed by atoms with Gasteiger partial charge in [-0.25, -0.2) is 9.59 Å². The smallest absolute Gasteiger partial charge is 0.410 e. The van der Waals surface area contributed by atoms with Crippen molar-refractivity contribution >= 4 is 17.9 Å². The Morgan fingerprint density at radius 2 is 2.03 bits per heavy atom. The van der Waals surface area contributed by atoms with Crippen molar-refractivity contribution in [1.82, 2.24) is 20.1 Å². The average molecular weight is 413 g/mol. The second-order valence-electron chi connectivity index (χ2n) is 8.81. The van der Waals surface area contributed by atoms with Crippen LogP contribution in [0.3, 0.4) is 0 Å². The molecule has 9 nitrogen and oxygen atoms in total. The maximum absolute atomic E-state index is 12.5. The number of aromatic amines is 1. The molecule has 30 heavy (non-hydrogen) atoms. The van der Waals surface area contributed by atoms with E-state index in [1.165, 1.54) is 13.3 Å². The molecule has 0 spiro atoms. The van der Waals surface area contributed by atoms with E-state index in [1.807, 2.05) is 26.8 Å². The second-order valence-corrected chi connectivity index (χ2v) is 8.81. The number of rotatable bonds is 4. The summed E-state index contributed by atoms with van der Waals surface area (Å²) in [6.45, 7) is 6.61. The van der Waals surface area contributed by atoms with Crippen LogP contribution in [-0.4, -0.2) is 51.4 Å². The molecule has 0 bridgehead atoms. The minimum absolute atomic E-state index is 0.314. The third kappa shape index (κ3) is 3.96. The third-order valence-electron chi connectivity index (χ3n) is 5.37. The van der Waals surface area contributed by atoms with Crippen LogP contribution in [0, 0.1) is 0 Å². The monoisotopic (exact) mass is 413 g/mol. The van der Waals surface area contributed by atoms with E-state index in [2.05, 4.69) is 20.5 Å². The number of anilines is 1. The van der Waals surface area contributed by atoms with E-state index in [-0.39, 0.29) is 11.6 Å². The zero-order valence-corrected chi connectivity index (χ0v) is 17.7. The fraction of sp³-hybridized carbons (Fsp3) is 0.524. The van der Waals surface area contributed by atoms with Gasteiger partial charge in [0.1, 0.15) is 5.60 Å². The summed E-state index contributed by atoms with van der Waals surface area (Å²) in [6, 6.07) is 3.57. The van der Waals surface area contributed by atoms with Gasteiger partial charge in [0.05, 0.1) is 30.5 Å². The number of methoxy groups -OCH3 is 1. The van der Waals surface area contributed by atoms with Gasteiger partial charge in [-0.15, -0.1) is 0 Å². The highest BCUT2D eigenvalue weighted by Crippen LogP contribution is 2.48. The molecule has 4 rings (SSSR count). The van der Waals surface area contributed by atoms with Crippen LogP contribution in [-0.2, 0) is 28.0 Å². The normalized spacial score (nSPS) is 17.1. The molecule has 1 fully saturated rings. The van der Waals surface area contributed by atoms with Crippen LogP contribution in [0.1, 0.15) is 60.9 Å². The molecule has 0 radical (unpaired) electrons. The van der Waals surface area contributed by atoms with Crippen molar-refractivity contribution in [3.05, 3.63) is 40.8 Å². The molecule has 1 amide bonds. The van der Waals surface area contributed by atoms with Crippen molar-refractivity contribution < 1.29 is 19.1 Å². The van der Waals surface area contributed by atoms with Crippen molar-refractivity contribution in [1.29, 1.82) is 0 Å². The summed E-state index contributed by atoms with van der Waals surface area (Å²) in [6.07, 6.45) is 3.74. The molecule has 160 valence electrons. The number of hydrogen-bond acceptors (Lipinski definition) is 7. The number of pyridine rings is 1. The van der Waals surface area contributed by atoms with Gasteiger partial charge in [-0.2, -0.15) is 5.10 Å². The van der Waals surface area contributed by atoms with Gasteiger partial charge in [-0.1, -0.05) is 0 Å². The Morgan fingerprint density at radius 1 is 1.27 bits per heavy atom. The van der Waals surface area contributed by atoms with Gasteiger partial charge in [0, 0.05) is 30.4 Å². The zero-order valence-electron chi connectivity index (χ0n) is 17.7. The molecule has 0 atom stereocenters. The summed E-state index contributed by atoms with van der Waals surface area (Å²) in [4.78, 5) is 30.3. The van der Waals surface area contributed by atoms with Gasteiger partial charge < -0.3 is 19.7 Å². The number of H-pyrrole nitrogens is 1. The van der Waals surface area contributed by atoms with Gasteiger partial charge in [-0.3, -0.25) is 10.1 Å². The SMILES string of the molecule is COC(=O)c1ccc(C2(Nc3n[nH]c4c3CN(C(=O)OC(C)(C)C)CC4)CC2)nc1. The summed E-state index contributed by atoms with van der Waals surface area (Å²) >= 11 is 0. The Morgan fingerprint density at radius 3 is 2.63 bits per heavy atom. The lowest BCUT2D eigenvalue weighted by Crippen LogP contribution is -2.40. The van der Waals surface area contributed by atoms with E-state index in [0.717, 1.165) is 35.6 Å². The van der Waals surface area contributed by atoms with Crippen LogP contribution in [0.25, 0.3) is 0 Å². The molecular formula is C21H27N5O4. The number of fused-ring (bicyclic) bond motifs is 1. The van der Waals surface area contributed by atoms with Crippen LogP contribution >= 0.6 is 0 Å². The first kappa shape index (κ1) is 20.2. The summed E-state index contributed by atoms with van der Waals surface area (Å²) in [5.74, 6) is 0.324. The lowest BCUT2D eigenvalue weighted by atomic mass is 10.1. The molecule has 0 saturated heterocycles. The molecule has 2 N–H and O–H groups in total. The molecule has 3 heterocycles. The summed E-state index contributed by atoms with van der Waals surface area (Å²) in [5.41, 5.74) is 2.43. The van der Waals surface area contributed by atoms with E-state index < -0.39 is 11.6 Å². The highest BCUT2D eigenvalue weighted by atomic mass is 16.6. The summed E-state index contributed by atoms with van der Waals surface area (Å²) in [7, 11) is 1.35. The van der Waals surface area contributed by atoms with Crippen molar-refractivity contribution in [2.24, 2.45) is 0 Å². The molecular weight excluding hydrogens is 386 g/mol. The standard InChI is InChI=1S/C21H27N5O4/c1-20(2,3)30-19(28)26-10-7-15-14(12-26)17(25-24-15)23-21(8-9-21)16-6-5-13(11-22-16)18(27)29-4/h5-6,11H,7-10,12H2,1-4H3,(H2,23,24,25). The number of nitrogens with one attached hydrogen (secondary N) is 2. The topological polar surface area (TPSA) is 109 Å². The van der Waals surface area contributed by atoms with Crippen LogP contribution < -0.4 is 5.32 Å². The average Bonchev–Trinajstić information content (AvgIpc) is 3.39. The molecule has 2 aliphatic rings. The minimum Gasteiger partial charge on any atom is -0.465 e. The van der Waals surface area contributed by atoms with Crippen LogP contribution in [0.4, 0.5) is 10.6 Å². The molecule has 1 aliphatic carbocycles. The van der Waals surface area contributed by atoms with Crippen molar-refractivity contribution in [3.8, 4) is 0 Å². The fourth-order valence-electron chi connectivity index (χ4n) is 3.59. The van der Waals surface area contributed by atoms with Crippen LogP contribution in [0.2, 0.25) is 0 Å². The largest absolute Gasteiger partial charge is 0.465 e. The molecule has 0 aromatic carbocycles. The number of hydrogen-bond donors (Lipinski definition) is 2. The number of nitrogens with zero attached hydrogens (tertiary/aromatic N) is 3. The summed E-state index contributed by atoms with van der Waals surface area (Å²) in [5, 5.41) is 11.1. The Balaban J connectivity index is 1.50. The zero-order chi connectivity index (χ0) is 21.5. The lowest BCUT2D eigenvalue weighted by molar-refractivity contribution is 0.0224. The molecule has 2 aromatic rings. The minimum atomic E-state index is -0.533. The predicted octanol–water partition coefficient (Wildman–Crippen LogP) is 2.99. The highest BCUT2D eigenvalue weighted by Gasteiger charge is 2.47. The van der Waals surface area contributed by atoms with Gasteiger partial charge in [-0.05, 0) is 45.7 Å². The molecule has 1 saturated carbocycles. The van der Waals surface area contributed by atoms with Crippen molar-refractivity contribution in [2.45, 2.75) is 57.7 Å². The molecule has 2 aromatic heterocycles. The first-order valence-electron chi connectivity index (χ1n) is 10.1. The van der Waals surface area contributed by atoms with E-state index in [4.69, 9.17) is 9.47 Å². The van der Waals surface area contributed by atoms with Crippen LogP contribution in [0.5, 0.6) is 0 Å². The third-order valence-corrected chi connectivity index (χ3v) is 5.37. The Kier molecular flexibility index (Phi) is 4.91. The van der Waals surface area contributed by atoms with Crippen LogP contribution in [0.15, 0.2) is 18.3 Å². The lowest BCUT2D eigenvalue weighted by Gasteiger charge is -2.30. The number of carbonyl (C=O) groups is 2. The number of aromatic nitrogens is 3. The predicted molar refractivity (Wildman–Crippen MR) is 109 cm³/mol. The van der Waals surface area contributed by atoms with E-state index in [1.54, 1.807) is 11.0 Å². The first-order chi connectivity index (χ1) is 14.2. The Labute approximate surface area is 175 Å². The maximum Gasteiger partial charge on any atom is 0.410 e. The van der Waals surface area contributed by atoms with Crippen molar-refractivity contribution in [2.75, 3.05) is 19.0 Å². The number of carbonyl (C=O) groups excluding carboxylic acids is 2. The van der Waals surface area contributed by atoms with Gasteiger partial charge in [0.25, 0.3) is 0 Å². The highest BCUT2D eigenvalue weighted by molar-refractivity contribution is 5.88. The number of esters is 1. The Bertz CT molecular complexity index is 957. The van der Waals surface area contributed by atoms with E-state index >= 15 is 0 Å². The molecule has 9 heteroatoms. The molecule has 0 unspecified atom stereocenters. The summed E-state index contributed by atoms with van der Waals surface area (Å²) < 4.78 is 10.3. The molecule has 1 aliphatic heterocycles. The van der Waals surface area contributed by atoms with E-state index in [0.29, 0.717) is 25.1 Å². The quantitative estimate of drug-likeness (QED) is 0.742. The second kappa shape index (κ2) is 7.30. The van der Waals surface area contributed by atoms with Gasteiger partial charge in [0.2, 0.25) is 0 Å².